The Labute approximate surface area is 122 Å². The standard InChI is InChI=1S/C16H30O4/c1-5-6-7-8-9-10-11-13(15(18)19)12-14(17)20-16(2,3)4/h13H,5-12H2,1-4H3,(H,18,19)/t13-/m1/s1. The molecule has 0 aliphatic rings. The normalized spacial score (nSPS) is 13.0. The Hall–Kier alpha value is -1.06. The first-order valence-corrected chi connectivity index (χ1v) is 7.71. The smallest absolute Gasteiger partial charge is 0.307 e. The molecule has 0 unspecified atom stereocenters. The molecule has 0 rings (SSSR count). The summed E-state index contributed by atoms with van der Waals surface area (Å²) < 4.78 is 5.18. The lowest BCUT2D eigenvalue weighted by Crippen LogP contribution is -2.27. The van der Waals surface area contributed by atoms with Crippen molar-refractivity contribution in [1.82, 2.24) is 0 Å². The first-order chi connectivity index (χ1) is 9.26. The number of aliphatic carboxylic acids is 1. The number of carboxylic acids is 1. The molecule has 0 bridgehead atoms. The number of carboxylic acid groups (broad SMARTS) is 1. The Balaban J connectivity index is 3.99. The van der Waals surface area contributed by atoms with Crippen LogP contribution in [0.3, 0.4) is 0 Å². The highest BCUT2D eigenvalue weighted by atomic mass is 16.6. The fourth-order valence-electron chi connectivity index (χ4n) is 2.07. The van der Waals surface area contributed by atoms with E-state index >= 15 is 0 Å². The van der Waals surface area contributed by atoms with E-state index in [0.29, 0.717) is 6.42 Å². The molecule has 1 N–H and O–H groups in total. The van der Waals surface area contributed by atoms with Crippen molar-refractivity contribution >= 4 is 11.9 Å². The lowest BCUT2D eigenvalue weighted by atomic mass is 9.97. The summed E-state index contributed by atoms with van der Waals surface area (Å²) in [6.07, 6.45) is 7.23. The molecule has 0 heterocycles. The van der Waals surface area contributed by atoms with Crippen LogP contribution in [0.15, 0.2) is 0 Å². The molecule has 0 aliphatic carbocycles. The van der Waals surface area contributed by atoms with Crippen LogP contribution in [0.5, 0.6) is 0 Å². The van der Waals surface area contributed by atoms with Crippen molar-refractivity contribution in [3.8, 4) is 0 Å². The molecular formula is C16H30O4. The third-order valence-corrected chi connectivity index (χ3v) is 3.09. The van der Waals surface area contributed by atoms with Crippen molar-refractivity contribution < 1.29 is 19.4 Å². The number of carbonyl (C=O) groups is 2. The lowest BCUT2D eigenvalue weighted by molar-refractivity contribution is -0.160. The Morgan fingerprint density at radius 1 is 1.05 bits per heavy atom. The average molecular weight is 286 g/mol. The molecule has 0 amide bonds. The zero-order valence-electron chi connectivity index (χ0n) is 13.4. The largest absolute Gasteiger partial charge is 0.481 e. The summed E-state index contributed by atoms with van der Waals surface area (Å²) in [5, 5.41) is 9.15. The molecule has 118 valence electrons. The lowest BCUT2D eigenvalue weighted by Gasteiger charge is -2.21. The van der Waals surface area contributed by atoms with Crippen LogP contribution in [0.2, 0.25) is 0 Å². The van der Waals surface area contributed by atoms with Crippen molar-refractivity contribution in [2.24, 2.45) is 5.92 Å². The molecule has 0 spiro atoms. The minimum absolute atomic E-state index is 0.0262. The van der Waals surface area contributed by atoms with Gasteiger partial charge in [0.1, 0.15) is 5.60 Å². The van der Waals surface area contributed by atoms with Crippen molar-refractivity contribution in [2.45, 2.75) is 84.7 Å². The van der Waals surface area contributed by atoms with Crippen LogP contribution in [0.4, 0.5) is 0 Å². The molecule has 0 saturated heterocycles. The van der Waals surface area contributed by atoms with Gasteiger partial charge in [-0.25, -0.2) is 0 Å². The maximum Gasteiger partial charge on any atom is 0.307 e. The third kappa shape index (κ3) is 10.8. The molecule has 20 heavy (non-hydrogen) atoms. The molecule has 0 aromatic carbocycles. The fourth-order valence-corrected chi connectivity index (χ4v) is 2.07. The predicted octanol–water partition coefficient (Wildman–Crippen LogP) is 4.17. The van der Waals surface area contributed by atoms with E-state index in [1.54, 1.807) is 20.8 Å². The Bertz CT molecular complexity index is 291. The molecule has 4 nitrogen and oxygen atoms in total. The molecule has 0 radical (unpaired) electrons. The number of rotatable bonds is 10. The minimum Gasteiger partial charge on any atom is -0.481 e. The van der Waals surface area contributed by atoms with Gasteiger partial charge in [0.25, 0.3) is 0 Å². The molecular weight excluding hydrogens is 256 g/mol. The summed E-state index contributed by atoms with van der Waals surface area (Å²) in [5.41, 5.74) is -0.555. The van der Waals surface area contributed by atoms with Gasteiger partial charge in [-0.05, 0) is 27.2 Å². The maximum atomic E-state index is 11.7. The zero-order valence-corrected chi connectivity index (χ0v) is 13.4. The van der Waals surface area contributed by atoms with E-state index in [1.165, 1.54) is 19.3 Å². The molecule has 0 aromatic heterocycles. The van der Waals surface area contributed by atoms with Crippen LogP contribution < -0.4 is 0 Å². The van der Waals surface area contributed by atoms with Gasteiger partial charge in [0.2, 0.25) is 0 Å². The number of hydrogen-bond acceptors (Lipinski definition) is 3. The van der Waals surface area contributed by atoms with Crippen LogP contribution >= 0.6 is 0 Å². The van der Waals surface area contributed by atoms with Gasteiger partial charge in [-0.3, -0.25) is 9.59 Å². The summed E-state index contributed by atoms with van der Waals surface area (Å²) in [6.45, 7) is 7.53. The van der Waals surface area contributed by atoms with Crippen molar-refractivity contribution in [1.29, 1.82) is 0 Å². The number of unbranched alkanes of at least 4 members (excludes halogenated alkanes) is 5. The molecule has 0 aromatic rings. The van der Waals surface area contributed by atoms with E-state index in [4.69, 9.17) is 9.84 Å². The van der Waals surface area contributed by atoms with Gasteiger partial charge < -0.3 is 9.84 Å². The van der Waals surface area contributed by atoms with E-state index in [9.17, 15) is 9.59 Å². The Morgan fingerprint density at radius 2 is 1.60 bits per heavy atom. The number of ether oxygens (including phenoxy) is 1. The van der Waals surface area contributed by atoms with Gasteiger partial charge in [-0.2, -0.15) is 0 Å². The van der Waals surface area contributed by atoms with Gasteiger partial charge in [0.15, 0.2) is 0 Å². The van der Waals surface area contributed by atoms with E-state index < -0.39 is 23.5 Å². The summed E-state index contributed by atoms with van der Waals surface area (Å²) in [5.74, 6) is -1.93. The van der Waals surface area contributed by atoms with E-state index in [-0.39, 0.29) is 6.42 Å². The van der Waals surface area contributed by atoms with Gasteiger partial charge in [0.05, 0.1) is 12.3 Å². The van der Waals surface area contributed by atoms with Gasteiger partial charge in [-0.1, -0.05) is 45.4 Å². The van der Waals surface area contributed by atoms with E-state index in [2.05, 4.69) is 6.92 Å². The second-order valence-electron chi connectivity index (χ2n) is 6.38. The summed E-state index contributed by atoms with van der Waals surface area (Å²) in [6, 6.07) is 0. The SMILES string of the molecule is CCCCCCCC[C@H](CC(=O)OC(C)(C)C)C(=O)O. The van der Waals surface area contributed by atoms with Gasteiger partial charge in [-0.15, -0.1) is 0 Å². The Kier molecular flexibility index (Phi) is 9.26. The molecule has 1 atom stereocenters. The summed E-state index contributed by atoms with van der Waals surface area (Å²) >= 11 is 0. The highest BCUT2D eigenvalue weighted by molar-refractivity contribution is 5.78. The van der Waals surface area contributed by atoms with E-state index in [1.807, 2.05) is 0 Å². The first-order valence-electron chi connectivity index (χ1n) is 7.71. The average Bonchev–Trinajstić information content (AvgIpc) is 2.29. The monoisotopic (exact) mass is 286 g/mol. The minimum atomic E-state index is -0.899. The predicted molar refractivity (Wildman–Crippen MR) is 79.6 cm³/mol. The summed E-state index contributed by atoms with van der Waals surface area (Å²) in [4.78, 5) is 22.8. The number of esters is 1. The fraction of sp³-hybridized carbons (Fsp3) is 0.875. The second kappa shape index (κ2) is 9.78. The van der Waals surface area contributed by atoms with Gasteiger partial charge >= 0.3 is 11.9 Å². The maximum absolute atomic E-state index is 11.7. The van der Waals surface area contributed by atoms with Crippen molar-refractivity contribution in [3.63, 3.8) is 0 Å². The zero-order chi connectivity index (χ0) is 15.6. The molecule has 0 aliphatic heterocycles. The van der Waals surface area contributed by atoms with Crippen LogP contribution in [0.1, 0.15) is 79.1 Å². The molecule has 0 fully saturated rings. The van der Waals surface area contributed by atoms with Crippen LogP contribution in [-0.2, 0) is 14.3 Å². The van der Waals surface area contributed by atoms with E-state index in [0.717, 1.165) is 19.3 Å². The number of carbonyl (C=O) groups excluding carboxylic acids is 1. The topological polar surface area (TPSA) is 63.6 Å². The van der Waals surface area contributed by atoms with Crippen LogP contribution in [0, 0.1) is 5.92 Å². The molecule has 0 saturated carbocycles. The molecule has 4 heteroatoms. The first kappa shape index (κ1) is 18.9. The summed E-state index contributed by atoms with van der Waals surface area (Å²) in [7, 11) is 0. The van der Waals surface area contributed by atoms with Crippen molar-refractivity contribution in [2.75, 3.05) is 0 Å². The van der Waals surface area contributed by atoms with Crippen LogP contribution in [-0.4, -0.2) is 22.6 Å². The van der Waals surface area contributed by atoms with Crippen molar-refractivity contribution in [3.05, 3.63) is 0 Å². The second-order valence-corrected chi connectivity index (χ2v) is 6.38. The Morgan fingerprint density at radius 3 is 2.10 bits per heavy atom. The number of hydrogen-bond donors (Lipinski definition) is 1. The van der Waals surface area contributed by atoms with Gasteiger partial charge in [0, 0.05) is 0 Å². The highest BCUT2D eigenvalue weighted by Gasteiger charge is 2.24. The quantitative estimate of drug-likeness (QED) is 0.483. The third-order valence-electron chi connectivity index (χ3n) is 3.09. The highest BCUT2D eigenvalue weighted by Crippen LogP contribution is 2.18. The van der Waals surface area contributed by atoms with Crippen LogP contribution in [0.25, 0.3) is 0 Å².